The molecule has 0 aliphatic heterocycles. The summed E-state index contributed by atoms with van der Waals surface area (Å²) in [6, 6.07) is 12.4. The zero-order valence-electron chi connectivity index (χ0n) is 17.2. The molecule has 0 radical (unpaired) electrons. The van der Waals surface area contributed by atoms with Crippen LogP contribution < -0.4 is 9.84 Å². The van der Waals surface area contributed by atoms with Crippen LogP contribution in [-0.2, 0) is 12.8 Å². The van der Waals surface area contributed by atoms with Gasteiger partial charge in [-0.1, -0.05) is 29.8 Å². The van der Waals surface area contributed by atoms with Crippen molar-refractivity contribution in [3.8, 4) is 5.88 Å². The first-order chi connectivity index (χ1) is 15.7. The number of carboxylic acids is 1. The lowest BCUT2D eigenvalue weighted by Gasteiger charge is -2.16. The fraction of sp³-hybridized carbons (Fsp3) is 0.208. The Morgan fingerprint density at radius 3 is 2.52 bits per heavy atom. The van der Waals surface area contributed by atoms with E-state index in [0.29, 0.717) is 41.1 Å². The van der Waals surface area contributed by atoms with E-state index in [1.807, 2.05) is 0 Å². The minimum Gasteiger partial charge on any atom is -0.543 e. The van der Waals surface area contributed by atoms with E-state index < -0.39 is 17.7 Å². The molecule has 4 rings (SSSR count). The van der Waals surface area contributed by atoms with Crippen LogP contribution in [0.25, 0.3) is 11.1 Å². The van der Waals surface area contributed by atoms with Crippen LogP contribution in [0.15, 0.2) is 54.7 Å². The molecule has 0 saturated heterocycles. The lowest BCUT2D eigenvalue weighted by molar-refractivity contribution is -0.255. The molecule has 0 fully saturated rings. The molecule has 1 aromatic carbocycles. The minimum absolute atomic E-state index is 0.0587. The second kappa shape index (κ2) is 9.23. The molecule has 9 heteroatoms. The van der Waals surface area contributed by atoms with Gasteiger partial charge in [0.05, 0.1) is 22.9 Å². The second-order valence-corrected chi connectivity index (χ2v) is 7.93. The van der Waals surface area contributed by atoms with Crippen molar-refractivity contribution in [2.75, 3.05) is 0 Å². The van der Waals surface area contributed by atoms with E-state index in [4.69, 9.17) is 16.3 Å². The number of benzene rings is 1. The van der Waals surface area contributed by atoms with Gasteiger partial charge in [0.2, 0.25) is 5.88 Å². The van der Waals surface area contributed by atoms with Gasteiger partial charge in [-0.25, -0.2) is 9.97 Å². The molecule has 170 valence electrons. The van der Waals surface area contributed by atoms with Crippen LogP contribution in [0.5, 0.6) is 5.88 Å². The number of alkyl halides is 3. The Kier molecular flexibility index (Phi) is 6.37. The van der Waals surface area contributed by atoms with Crippen molar-refractivity contribution in [1.82, 2.24) is 9.97 Å². The van der Waals surface area contributed by atoms with Gasteiger partial charge in [-0.2, -0.15) is 13.2 Å². The predicted octanol–water partition coefficient (Wildman–Crippen LogP) is 5.19. The number of aromatic carboxylic acids is 1. The van der Waals surface area contributed by atoms with Crippen molar-refractivity contribution in [2.24, 2.45) is 0 Å². The van der Waals surface area contributed by atoms with Gasteiger partial charge in [0.1, 0.15) is 6.61 Å². The van der Waals surface area contributed by atoms with Crippen molar-refractivity contribution in [3.05, 3.63) is 87.8 Å². The molecule has 5 nitrogen and oxygen atoms in total. The molecule has 33 heavy (non-hydrogen) atoms. The Morgan fingerprint density at radius 1 is 1.09 bits per heavy atom. The van der Waals surface area contributed by atoms with Crippen molar-refractivity contribution >= 4 is 28.7 Å². The Labute approximate surface area is 192 Å². The number of halogens is 4. The van der Waals surface area contributed by atoms with E-state index in [1.54, 1.807) is 30.3 Å². The third-order valence-electron chi connectivity index (χ3n) is 5.28. The summed E-state index contributed by atoms with van der Waals surface area (Å²) in [7, 11) is 0. The van der Waals surface area contributed by atoms with Crippen molar-refractivity contribution in [1.29, 1.82) is 0 Å². The predicted molar refractivity (Wildman–Crippen MR) is 114 cm³/mol. The van der Waals surface area contributed by atoms with Crippen LogP contribution in [0.4, 0.5) is 13.2 Å². The van der Waals surface area contributed by atoms with Crippen molar-refractivity contribution < 1.29 is 27.8 Å². The van der Waals surface area contributed by atoms with Gasteiger partial charge in [-0.15, -0.1) is 0 Å². The Morgan fingerprint density at radius 2 is 1.82 bits per heavy atom. The van der Waals surface area contributed by atoms with E-state index in [0.717, 1.165) is 17.8 Å². The Bertz CT molecular complexity index is 1220. The Balaban J connectivity index is 1.77. The third-order valence-corrected chi connectivity index (χ3v) is 5.53. The largest absolute Gasteiger partial charge is 0.543 e. The summed E-state index contributed by atoms with van der Waals surface area (Å²) in [5.41, 5.74) is 1.49. The quantitative estimate of drug-likeness (QED) is 0.492. The van der Waals surface area contributed by atoms with Crippen LogP contribution in [-0.4, -0.2) is 15.9 Å². The number of nitrogens with zero attached hydrogens (tertiary/aromatic N) is 2. The number of allylic oxidation sites excluding steroid dienone is 2. The zero-order chi connectivity index (χ0) is 23.6. The van der Waals surface area contributed by atoms with Gasteiger partial charge in [-0.05, 0) is 66.3 Å². The smallest absolute Gasteiger partial charge is 0.417 e. The average Bonchev–Trinajstić information content (AvgIpc) is 3.28. The monoisotopic (exact) mass is 473 g/mol. The summed E-state index contributed by atoms with van der Waals surface area (Å²) in [4.78, 5) is 19.3. The molecule has 0 N–H and O–H groups in total. The molecule has 0 bridgehead atoms. The fourth-order valence-corrected chi connectivity index (χ4v) is 3.84. The highest BCUT2D eigenvalue weighted by Crippen LogP contribution is 2.43. The minimum atomic E-state index is -4.58. The van der Waals surface area contributed by atoms with Crippen LogP contribution in [0.3, 0.4) is 0 Å². The maximum Gasteiger partial charge on any atom is 0.417 e. The number of hydrogen-bond donors (Lipinski definition) is 0. The van der Waals surface area contributed by atoms with E-state index in [-0.39, 0.29) is 23.7 Å². The number of carbonyl (C=O) groups is 1. The zero-order valence-corrected chi connectivity index (χ0v) is 17.9. The van der Waals surface area contributed by atoms with Gasteiger partial charge < -0.3 is 14.6 Å². The fourth-order valence-electron chi connectivity index (χ4n) is 3.71. The van der Waals surface area contributed by atoms with E-state index in [9.17, 15) is 23.1 Å². The van der Waals surface area contributed by atoms with E-state index >= 15 is 0 Å². The number of rotatable bonds is 6. The molecule has 0 unspecified atom stereocenters. The number of carbonyl (C=O) groups excluding carboxylic acids is 1. The number of pyridine rings is 2. The van der Waals surface area contributed by atoms with Gasteiger partial charge in [0.15, 0.2) is 0 Å². The first-order valence-corrected chi connectivity index (χ1v) is 10.5. The van der Waals surface area contributed by atoms with Gasteiger partial charge in [-0.3, -0.25) is 0 Å². The van der Waals surface area contributed by atoms with Crippen LogP contribution in [0, 0.1) is 0 Å². The van der Waals surface area contributed by atoms with E-state index in [2.05, 4.69) is 9.97 Å². The highest BCUT2D eigenvalue weighted by molar-refractivity contribution is 6.30. The first kappa shape index (κ1) is 22.8. The molecule has 0 amide bonds. The van der Waals surface area contributed by atoms with Crippen molar-refractivity contribution in [2.45, 2.75) is 32.0 Å². The summed E-state index contributed by atoms with van der Waals surface area (Å²) >= 11 is 5.89. The summed E-state index contributed by atoms with van der Waals surface area (Å²) < 4.78 is 46.1. The summed E-state index contributed by atoms with van der Waals surface area (Å²) in [6.45, 7) is 0.0869. The lowest BCUT2D eigenvalue weighted by atomic mass is 9.99. The SMILES string of the molecule is O=C([O-])c1cccc(C2=C(c3cc(C(F)(F)F)cnc3OCc3ccc(Cl)cc3)CCC2)n1. The maximum atomic E-state index is 13.4. The average molecular weight is 474 g/mol. The summed E-state index contributed by atoms with van der Waals surface area (Å²) in [5.74, 6) is -1.37. The first-order valence-electron chi connectivity index (χ1n) is 10.1. The molecule has 2 heterocycles. The number of hydrogen-bond acceptors (Lipinski definition) is 5. The highest BCUT2D eigenvalue weighted by Gasteiger charge is 2.33. The van der Waals surface area contributed by atoms with Crippen molar-refractivity contribution in [3.63, 3.8) is 0 Å². The second-order valence-electron chi connectivity index (χ2n) is 7.50. The summed E-state index contributed by atoms with van der Waals surface area (Å²) in [5, 5.41) is 11.8. The molecule has 0 spiro atoms. The van der Waals surface area contributed by atoms with E-state index in [1.165, 1.54) is 12.1 Å². The van der Waals surface area contributed by atoms with Crippen LogP contribution >= 0.6 is 11.6 Å². The normalized spacial score (nSPS) is 13.9. The molecular formula is C24H17ClF3N2O3-. The third kappa shape index (κ3) is 5.17. The van der Waals surface area contributed by atoms with Gasteiger partial charge in [0, 0.05) is 16.8 Å². The highest BCUT2D eigenvalue weighted by atomic mass is 35.5. The molecule has 1 aliphatic carbocycles. The lowest BCUT2D eigenvalue weighted by Crippen LogP contribution is -2.23. The molecule has 2 aromatic heterocycles. The molecule has 3 aromatic rings. The van der Waals surface area contributed by atoms with Crippen LogP contribution in [0.2, 0.25) is 5.02 Å². The maximum absolute atomic E-state index is 13.4. The molecule has 1 aliphatic rings. The van der Waals surface area contributed by atoms with Gasteiger partial charge >= 0.3 is 6.18 Å². The standard InChI is InChI=1S/C24H18ClF3N2O3/c25-16-9-7-14(8-10-16)13-33-22-19(11-15(12-29-22)24(26,27)28)17-3-1-4-18(17)20-5-2-6-21(30-20)23(31)32/h2,5-12H,1,3-4,13H2,(H,31,32)/p-1. The Hall–Kier alpha value is -3.39. The van der Waals surface area contributed by atoms with Crippen LogP contribution in [0.1, 0.15) is 52.1 Å². The molecule has 0 saturated carbocycles. The van der Waals surface area contributed by atoms with Gasteiger partial charge in [0.25, 0.3) is 0 Å². The number of ether oxygens (including phenoxy) is 1. The summed E-state index contributed by atoms with van der Waals surface area (Å²) in [6.07, 6.45) is -2.15. The molecular weight excluding hydrogens is 457 g/mol. The topological polar surface area (TPSA) is 75.1 Å². The number of carboxylic acid groups (broad SMARTS) is 1. The number of aromatic nitrogens is 2. The molecule has 0 atom stereocenters.